The number of nitrogens with one attached hydrogen (secondary N) is 1. The molecule has 88 valence electrons. The summed E-state index contributed by atoms with van der Waals surface area (Å²) in [5.41, 5.74) is 4.39. The fourth-order valence-electron chi connectivity index (χ4n) is 3.16. The summed E-state index contributed by atoms with van der Waals surface area (Å²) in [6.45, 7) is 7.02. The molecular formula is C15H18N2. The van der Waals surface area contributed by atoms with Crippen LogP contribution in [-0.2, 0) is 5.41 Å². The van der Waals surface area contributed by atoms with Crippen LogP contribution in [0.4, 0.5) is 0 Å². The molecule has 0 fully saturated rings. The standard InChI is InChI=1S/C15H18N2/c1-10-14(13-8-16-9-17-13)11-6-4-5-7-12(11)15(10,2)3/h4-10,14H,1-3H3,(H,16,17). The summed E-state index contributed by atoms with van der Waals surface area (Å²) < 4.78 is 0. The molecule has 0 radical (unpaired) electrons. The van der Waals surface area contributed by atoms with Crippen molar-refractivity contribution in [3.63, 3.8) is 0 Å². The van der Waals surface area contributed by atoms with E-state index in [1.54, 1.807) is 6.33 Å². The van der Waals surface area contributed by atoms with Gasteiger partial charge in [-0.25, -0.2) is 4.98 Å². The molecule has 1 N–H and O–H groups in total. The molecule has 1 aromatic carbocycles. The van der Waals surface area contributed by atoms with Crippen molar-refractivity contribution in [3.05, 3.63) is 53.6 Å². The predicted octanol–water partition coefficient (Wildman–Crippen LogP) is 3.47. The first-order chi connectivity index (χ1) is 8.12. The Morgan fingerprint density at radius 1 is 1.24 bits per heavy atom. The molecule has 2 atom stereocenters. The van der Waals surface area contributed by atoms with Crippen LogP contribution in [0.1, 0.15) is 43.5 Å². The highest BCUT2D eigenvalue weighted by atomic mass is 14.9. The van der Waals surface area contributed by atoms with Crippen molar-refractivity contribution in [2.75, 3.05) is 0 Å². The lowest BCUT2D eigenvalue weighted by atomic mass is 9.76. The zero-order chi connectivity index (χ0) is 12.0. The van der Waals surface area contributed by atoms with E-state index in [0.29, 0.717) is 11.8 Å². The van der Waals surface area contributed by atoms with Gasteiger partial charge in [0.15, 0.2) is 0 Å². The van der Waals surface area contributed by atoms with E-state index >= 15 is 0 Å². The number of imidazole rings is 1. The normalized spacial score (nSPS) is 25.8. The molecule has 0 saturated heterocycles. The van der Waals surface area contributed by atoms with Crippen molar-refractivity contribution in [2.45, 2.75) is 32.1 Å². The Balaban J connectivity index is 2.19. The minimum atomic E-state index is 0.229. The van der Waals surface area contributed by atoms with E-state index in [4.69, 9.17) is 0 Å². The smallest absolute Gasteiger partial charge is 0.0921 e. The minimum Gasteiger partial charge on any atom is -0.348 e. The topological polar surface area (TPSA) is 28.7 Å². The lowest BCUT2D eigenvalue weighted by Crippen LogP contribution is -2.23. The zero-order valence-electron chi connectivity index (χ0n) is 10.6. The summed E-state index contributed by atoms with van der Waals surface area (Å²) in [6, 6.07) is 8.80. The summed E-state index contributed by atoms with van der Waals surface area (Å²) in [5.74, 6) is 1.03. The summed E-state index contributed by atoms with van der Waals surface area (Å²) in [4.78, 5) is 7.44. The number of hydrogen-bond acceptors (Lipinski definition) is 1. The Morgan fingerprint density at radius 3 is 2.71 bits per heavy atom. The average Bonchev–Trinajstić information content (AvgIpc) is 2.88. The predicted molar refractivity (Wildman–Crippen MR) is 69.1 cm³/mol. The van der Waals surface area contributed by atoms with E-state index in [1.807, 2.05) is 6.20 Å². The van der Waals surface area contributed by atoms with Gasteiger partial charge in [-0.2, -0.15) is 0 Å². The first kappa shape index (κ1) is 10.6. The lowest BCUT2D eigenvalue weighted by molar-refractivity contribution is 0.350. The minimum absolute atomic E-state index is 0.229. The zero-order valence-corrected chi connectivity index (χ0v) is 10.6. The molecule has 2 aromatic rings. The van der Waals surface area contributed by atoms with E-state index in [9.17, 15) is 0 Å². The van der Waals surface area contributed by atoms with E-state index < -0.39 is 0 Å². The molecule has 2 unspecified atom stereocenters. The molecule has 0 saturated carbocycles. The van der Waals surface area contributed by atoms with Crippen molar-refractivity contribution >= 4 is 0 Å². The third-order valence-corrected chi connectivity index (χ3v) is 4.48. The van der Waals surface area contributed by atoms with Gasteiger partial charge < -0.3 is 4.98 Å². The van der Waals surface area contributed by atoms with Crippen LogP contribution in [0.5, 0.6) is 0 Å². The maximum atomic E-state index is 4.17. The van der Waals surface area contributed by atoms with Gasteiger partial charge in [-0.05, 0) is 22.5 Å². The average molecular weight is 226 g/mol. The first-order valence-electron chi connectivity index (χ1n) is 6.20. The van der Waals surface area contributed by atoms with Gasteiger partial charge in [0, 0.05) is 17.8 Å². The number of hydrogen-bond donors (Lipinski definition) is 1. The second kappa shape index (κ2) is 3.46. The first-order valence-corrected chi connectivity index (χ1v) is 6.20. The highest BCUT2D eigenvalue weighted by Crippen LogP contribution is 2.52. The highest BCUT2D eigenvalue weighted by Gasteiger charge is 2.44. The Morgan fingerprint density at radius 2 is 2.00 bits per heavy atom. The number of aromatic nitrogens is 2. The van der Waals surface area contributed by atoms with E-state index in [-0.39, 0.29) is 5.41 Å². The molecule has 0 amide bonds. The molecule has 1 aliphatic rings. The number of H-pyrrole nitrogens is 1. The fraction of sp³-hybridized carbons (Fsp3) is 0.400. The Bertz CT molecular complexity index is 526. The lowest BCUT2D eigenvalue weighted by Gasteiger charge is -2.27. The van der Waals surface area contributed by atoms with Gasteiger partial charge in [0.05, 0.1) is 6.33 Å². The van der Waals surface area contributed by atoms with Crippen molar-refractivity contribution < 1.29 is 0 Å². The third-order valence-electron chi connectivity index (χ3n) is 4.48. The molecule has 17 heavy (non-hydrogen) atoms. The van der Waals surface area contributed by atoms with Crippen LogP contribution in [0.3, 0.4) is 0 Å². The van der Waals surface area contributed by atoms with E-state index in [0.717, 1.165) is 0 Å². The van der Waals surface area contributed by atoms with Crippen LogP contribution in [0, 0.1) is 5.92 Å². The van der Waals surface area contributed by atoms with Crippen molar-refractivity contribution in [3.8, 4) is 0 Å². The summed E-state index contributed by atoms with van der Waals surface area (Å²) in [7, 11) is 0. The molecule has 1 aromatic heterocycles. The van der Waals surface area contributed by atoms with Crippen molar-refractivity contribution in [2.24, 2.45) is 5.92 Å². The monoisotopic (exact) mass is 226 g/mol. The van der Waals surface area contributed by atoms with Crippen LogP contribution < -0.4 is 0 Å². The largest absolute Gasteiger partial charge is 0.348 e. The number of benzene rings is 1. The van der Waals surface area contributed by atoms with Crippen LogP contribution in [0.25, 0.3) is 0 Å². The number of fused-ring (bicyclic) bond motifs is 1. The van der Waals surface area contributed by atoms with Gasteiger partial charge in [0.1, 0.15) is 0 Å². The molecule has 0 bridgehead atoms. The molecular weight excluding hydrogens is 208 g/mol. The van der Waals surface area contributed by atoms with E-state index in [2.05, 4.69) is 55.0 Å². The molecule has 3 rings (SSSR count). The third kappa shape index (κ3) is 1.36. The molecule has 2 heteroatoms. The van der Waals surface area contributed by atoms with E-state index in [1.165, 1.54) is 16.8 Å². The van der Waals surface area contributed by atoms with Gasteiger partial charge in [-0.3, -0.25) is 0 Å². The van der Waals surface area contributed by atoms with Gasteiger partial charge in [0.25, 0.3) is 0 Å². The van der Waals surface area contributed by atoms with Crippen molar-refractivity contribution in [1.29, 1.82) is 0 Å². The van der Waals surface area contributed by atoms with Gasteiger partial charge in [-0.15, -0.1) is 0 Å². The summed E-state index contributed by atoms with van der Waals surface area (Å²) in [5, 5.41) is 0. The fourth-order valence-corrected chi connectivity index (χ4v) is 3.16. The van der Waals surface area contributed by atoms with Gasteiger partial charge in [-0.1, -0.05) is 45.0 Å². The second-order valence-corrected chi connectivity index (χ2v) is 5.58. The maximum Gasteiger partial charge on any atom is 0.0921 e. The SMILES string of the molecule is CC1C(c2cnc[nH]2)c2ccccc2C1(C)C. The molecule has 1 heterocycles. The molecule has 1 aliphatic carbocycles. The van der Waals surface area contributed by atoms with Gasteiger partial charge in [0.2, 0.25) is 0 Å². The number of rotatable bonds is 1. The number of nitrogens with zero attached hydrogens (tertiary/aromatic N) is 1. The molecule has 0 spiro atoms. The second-order valence-electron chi connectivity index (χ2n) is 5.58. The molecule has 0 aliphatic heterocycles. The summed E-state index contributed by atoms with van der Waals surface area (Å²) in [6.07, 6.45) is 3.73. The van der Waals surface area contributed by atoms with Crippen LogP contribution in [0.15, 0.2) is 36.8 Å². The molecule has 2 nitrogen and oxygen atoms in total. The Kier molecular flexibility index (Phi) is 2.15. The maximum absolute atomic E-state index is 4.17. The Hall–Kier alpha value is -1.57. The van der Waals surface area contributed by atoms with Crippen molar-refractivity contribution in [1.82, 2.24) is 9.97 Å². The quantitative estimate of drug-likeness (QED) is 0.792. The highest BCUT2D eigenvalue weighted by molar-refractivity contribution is 5.46. The van der Waals surface area contributed by atoms with Crippen LogP contribution >= 0.6 is 0 Å². The van der Waals surface area contributed by atoms with Crippen LogP contribution in [-0.4, -0.2) is 9.97 Å². The Labute approximate surface area is 102 Å². The van der Waals surface area contributed by atoms with Crippen LogP contribution in [0.2, 0.25) is 0 Å². The number of aromatic amines is 1. The van der Waals surface area contributed by atoms with Gasteiger partial charge >= 0.3 is 0 Å². The summed E-state index contributed by atoms with van der Waals surface area (Å²) >= 11 is 0.